The fourth-order valence-electron chi connectivity index (χ4n) is 2.60. The summed E-state index contributed by atoms with van der Waals surface area (Å²) in [5, 5.41) is 8.91. The molecule has 0 aromatic heterocycles. The summed E-state index contributed by atoms with van der Waals surface area (Å²) in [6.07, 6.45) is 2.68. The fourth-order valence-corrected chi connectivity index (χ4v) is 2.60. The van der Waals surface area contributed by atoms with Crippen LogP contribution in [-0.4, -0.2) is 34.1 Å². The van der Waals surface area contributed by atoms with E-state index in [0.29, 0.717) is 12.0 Å². The molecule has 88 valence electrons. The lowest BCUT2D eigenvalue weighted by Crippen LogP contribution is -2.53. The molecule has 1 aliphatic heterocycles. The number of nitrogens with zero attached hydrogens (tertiary/aromatic N) is 1. The molecule has 2 atom stereocenters. The minimum absolute atomic E-state index is 0.222. The van der Waals surface area contributed by atoms with E-state index in [4.69, 9.17) is 5.11 Å². The molecule has 3 heteroatoms. The number of carboxylic acids is 1. The maximum atomic E-state index is 10.8. The SMILES string of the molecule is CC1CCC(C)N(C(C)(C)CC(=O)O)C1. The highest BCUT2D eigenvalue weighted by atomic mass is 16.4. The Bertz CT molecular complexity index is 238. The largest absolute Gasteiger partial charge is 0.481 e. The van der Waals surface area contributed by atoms with Crippen LogP contribution < -0.4 is 0 Å². The molecule has 0 bridgehead atoms. The predicted octanol–water partition coefficient (Wildman–Crippen LogP) is 2.36. The minimum Gasteiger partial charge on any atom is -0.481 e. The first-order valence-electron chi connectivity index (χ1n) is 5.81. The maximum absolute atomic E-state index is 10.8. The quantitative estimate of drug-likeness (QED) is 0.782. The van der Waals surface area contributed by atoms with Gasteiger partial charge in [-0.2, -0.15) is 0 Å². The third kappa shape index (κ3) is 3.20. The Kier molecular flexibility index (Phi) is 3.77. The van der Waals surface area contributed by atoms with Gasteiger partial charge in [0.1, 0.15) is 0 Å². The Labute approximate surface area is 92.5 Å². The highest BCUT2D eigenvalue weighted by molar-refractivity contribution is 5.68. The van der Waals surface area contributed by atoms with Gasteiger partial charge in [0.05, 0.1) is 6.42 Å². The number of hydrogen-bond acceptors (Lipinski definition) is 2. The summed E-state index contributed by atoms with van der Waals surface area (Å²) >= 11 is 0. The van der Waals surface area contributed by atoms with Crippen LogP contribution in [0.4, 0.5) is 0 Å². The predicted molar refractivity (Wildman–Crippen MR) is 60.9 cm³/mol. The van der Waals surface area contributed by atoms with Crippen molar-refractivity contribution in [3.8, 4) is 0 Å². The number of carboxylic acid groups (broad SMARTS) is 1. The molecule has 1 aliphatic rings. The number of likely N-dealkylation sites (tertiary alicyclic amines) is 1. The average molecular weight is 213 g/mol. The summed E-state index contributed by atoms with van der Waals surface area (Å²) in [6, 6.07) is 0.510. The molecule has 15 heavy (non-hydrogen) atoms. The lowest BCUT2D eigenvalue weighted by Gasteiger charge is -2.46. The summed E-state index contributed by atoms with van der Waals surface area (Å²) < 4.78 is 0. The Morgan fingerprint density at radius 3 is 2.53 bits per heavy atom. The van der Waals surface area contributed by atoms with Crippen LogP contribution in [0.25, 0.3) is 0 Å². The van der Waals surface area contributed by atoms with Gasteiger partial charge >= 0.3 is 5.97 Å². The second kappa shape index (κ2) is 4.52. The summed E-state index contributed by atoms with van der Waals surface area (Å²) in [7, 11) is 0. The topological polar surface area (TPSA) is 40.5 Å². The van der Waals surface area contributed by atoms with Crippen molar-refractivity contribution in [2.45, 2.75) is 58.5 Å². The van der Waals surface area contributed by atoms with E-state index in [0.717, 1.165) is 6.54 Å². The molecule has 1 N–H and O–H groups in total. The third-order valence-corrected chi connectivity index (χ3v) is 3.48. The van der Waals surface area contributed by atoms with Crippen molar-refractivity contribution in [2.75, 3.05) is 6.54 Å². The first kappa shape index (κ1) is 12.5. The molecule has 1 saturated heterocycles. The molecule has 0 amide bonds. The van der Waals surface area contributed by atoms with Crippen LogP contribution in [0.1, 0.15) is 47.0 Å². The molecular weight excluding hydrogens is 190 g/mol. The molecule has 0 aromatic carbocycles. The Balaban J connectivity index is 2.70. The molecule has 3 nitrogen and oxygen atoms in total. The zero-order valence-corrected chi connectivity index (χ0v) is 10.3. The number of aliphatic carboxylic acids is 1. The van der Waals surface area contributed by atoms with E-state index in [9.17, 15) is 4.79 Å². The van der Waals surface area contributed by atoms with Gasteiger partial charge in [0.15, 0.2) is 0 Å². The monoisotopic (exact) mass is 213 g/mol. The highest BCUT2D eigenvalue weighted by Crippen LogP contribution is 2.30. The van der Waals surface area contributed by atoms with Crippen molar-refractivity contribution in [3.63, 3.8) is 0 Å². The molecule has 0 radical (unpaired) electrons. The van der Waals surface area contributed by atoms with Crippen molar-refractivity contribution in [3.05, 3.63) is 0 Å². The number of hydrogen-bond donors (Lipinski definition) is 1. The summed E-state index contributed by atoms with van der Waals surface area (Å²) in [6.45, 7) is 9.55. The first-order chi connectivity index (χ1) is 6.83. The first-order valence-corrected chi connectivity index (χ1v) is 5.81. The number of rotatable bonds is 3. The molecule has 0 aliphatic carbocycles. The Hall–Kier alpha value is -0.570. The van der Waals surface area contributed by atoms with Gasteiger partial charge in [-0.1, -0.05) is 6.92 Å². The molecule has 1 rings (SSSR count). The van der Waals surface area contributed by atoms with E-state index in [-0.39, 0.29) is 12.0 Å². The van der Waals surface area contributed by atoms with Gasteiger partial charge in [-0.25, -0.2) is 0 Å². The summed E-state index contributed by atoms with van der Waals surface area (Å²) in [4.78, 5) is 13.2. The second-order valence-electron chi connectivity index (χ2n) is 5.57. The van der Waals surface area contributed by atoms with Crippen molar-refractivity contribution in [2.24, 2.45) is 5.92 Å². The zero-order chi connectivity index (χ0) is 11.6. The van der Waals surface area contributed by atoms with Crippen LogP contribution in [0.2, 0.25) is 0 Å². The van der Waals surface area contributed by atoms with Crippen LogP contribution in [0.5, 0.6) is 0 Å². The highest BCUT2D eigenvalue weighted by Gasteiger charge is 2.35. The number of carbonyl (C=O) groups is 1. The molecule has 2 unspecified atom stereocenters. The van der Waals surface area contributed by atoms with Gasteiger partial charge in [0.2, 0.25) is 0 Å². The molecule has 0 saturated carbocycles. The summed E-state index contributed by atoms with van der Waals surface area (Å²) in [5.74, 6) is -0.0142. The zero-order valence-electron chi connectivity index (χ0n) is 10.3. The Morgan fingerprint density at radius 2 is 2.00 bits per heavy atom. The van der Waals surface area contributed by atoms with Crippen molar-refractivity contribution >= 4 is 5.97 Å². The van der Waals surface area contributed by atoms with Gasteiger partial charge in [-0.05, 0) is 39.5 Å². The Morgan fingerprint density at radius 1 is 1.40 bits per heavy atom. The smallest absolute Gasteiger partial charge is 0.305 e. The molecule has 0 aromatic rings. The normalized spacial score (nSPS) is 29.1. The summed E-state index contributed by atoms with van der Waals surface area (Å²) in [5.41, 5.74) is -0.222. The third-order valence-electron chi connectivity index (χ3n) is 3.48. The number of piperidine rings is 1. The standard InChI is InChI=1S/C12H23NO2/c1-9-5-6-10(2)13(8-9)12(3,4)7-11(14)15/h9-10H,5-8H2,1-4H3,(H,14,15). The van der Waals surface area contributed by atoms with E-state index in [1.165, 1.54) is 12.8 Å². The van der Waals surface area contributed by atoms with Crippen LogP contribution in [0, 0.1) is 5.92 Å². The van der Waals surface area contributed by atoms with Gasteiger partial charge in [-0.3, -0.25) is 9.69 Å². The molecular formula is C12H23NO2. The maximum Gasteiger partial charge on any atom is 0.305 e. The minimum atomic E-state index is -0.703. The van der Waals surface area contributed by atoms with E-state index in [2.05, 4.69) is 18.7 Å². The second-order valence-corrected chi connectivity index (χ2v) is 5.57. The van der Waals surface area contributed by atoms with Gasteiger partial charge in [0.25, 0.3) is 0 Å². The van der Waals surface area contributed by atoms with E-state index >= 15 is 0 Å². The van der Waals surface area contributed by atoms with Crippen LogP contribution in [0.15, 0.2) is 0 Å². The van der Waals surface area contributed by atoms with Crippen LogP contribution in [0.3, 0.4) is 0 Å². The van der Waals surface area contributed by atoms with E-state index in [1.807, 2.05) is 13.8 Å². The molecule has 1 heterocycles. The van der Waals surface area contributed by atoms with Gasteiger partial charge < -0.3 is 5.11 Å². The molecule has 0 spiro atoms. The van der Waals surface area contributed by atoms with E-state index < -0.39 is 5.97 Å². The van der Waals surface area contributed by atoms with Crippen molar-refractivity contribution in [1.82, 2.24) is 4.90 Å². The lowest BCUT2D eigenvalue weighted by molar-refractivity contribution is -0.140. The average Bonchev–Trinajstić information content (AvgIpc) is 2.06. The molecule has 1 fully saturated rings. The van der Waals surface area contributed by atoms with Gasteiger partial charge in [-0.15, -0.1) is 0 Å². The van der Waals surface area contributed by atoms with Crippen LogP contribution >= 0.6 is 0 Å². The lowest BCUT2D eigenvalue weighted by atomic mass is 9.88. The fraction of sp³-hybridized carbons (Fsp3) is 0.917. The van der Waals surface area contributed by atoms with Crippen molar-refractivity contribution in [1.29, 1.82) is 0 Å². The van der Waals surface area contributed by atoms with E-state index in [1.54, 1.807) is 0 Å². The van der Waals surface area contributed by atoms with Crippen molar-refractivity contribution < 1.29 is 9.90 Å². The van der Waals surface area contributed by atoms with Crippen LogP contribution in [-0.2, 0) is 4.79 Å². The van der Waals surface area contributed by atoms with Gasteiger partial charge in [0, 0.05) is 18.1 Å².